The number of benzene rings is 1. The summed E-state index contributed by atoms with van der Waals surface area (Å²) in [5, 5.41) is 0.726. The summed E-state index contributed by atoms with van der Waals surface area (Å²) in [6, 6.07) is 5.67. The molecule has 5 heteroatoms. The minimum absolute atomic E-state index is 0.295. The summed E-state index contributed by atoms with van der Waals surface area (Å²) in [6.07, 6.45) is 1.51. The van der Waals surface area contributed by atoms with Gasteiger partial charge in [-0.15, -0.1) is 0 Å². The Morgan fingerprint density at radius 3 is 2.73 bits per heavy atom. The van der Waals surface area contributed by atoms with Crippen molar-refractivity contribution in [2.45, 2.75) is 11.8 Å². The number of H-pyrrole nitrogens is 1. The lowest BCUT2D eigenvalue weighted by molar-refractivity contribution is 0.589. The number of aromatic nitrogens is 1. The van der Waals surface area contributed by atoms with E-state index in [2.05, 4.69) is 9.71 Å². The van der Waals surface area contributed by atoms with Crippen LogP contribution in [-0.2, 0) is 10.0 Å². The molecule has 1 aromatic heterocycles. The van der Waals surface area contributed by atoms with Crippen molar-refractivity contribution >= 4 is 20.9 Å². The van der Waals surface area contributed by atoms with E-state index in [1.165, 1.54) is 13.2 Å². The van der Waals surface area contributed by atoms with Crippen LogP contribution in [0, 0.1) is 6.92 Å². The maximum atomic E-state index is 11.7. The second-order valence-electron chi connectivity index (χ2n) is 3.41. The summed E-state index contributed by atoms with van der Waals surface area (Å²) in [5.74, 6) is 0. The molecule has 0 aliphatic carbocycles. The first-order valence-electron chi connectivity index (χ1n) is 4.56. The molecule has 0 spiro atoms. The summed E-state index contributed by atoms with van der Waals surface area (Å²) < 4.78 is 25.6. The first-order valence-corrected chi connectivity index (χ1v) is 6.04. The van der Waals surface area contributed by atoms with Gasteiger partial charge in [-0.3, -0.25) is 0 Å². The van der Waals surface area contributed by atoms with E-state index >= 15 is 0 Å². The van der Waals surface area contributed by atoms with Crippen LogP contribution in [0.25, 0.3) is 10.9 Å². The van der Waals surface area contributed by atoms with Gasteiger partial charge in [-0.05, 0) is 26.1 Å². The fourth-order valence-corrected chi connectivity index (χ4v) is 2.43. The topological polar surface area (TPSA) is 62.0 Å². The molecule has 1 heterocycles. The van der Waals surface area contributed by atoms with E-state index in [9.17, 15) is 8.42 Å². The molecule has 2 N–H and O–H groups in total. The molecule has 2 aromatic rings. The molecular weight excluding hydrogens is 212 g/mol. The Hall–Kier alpha value is -1.33. The average molecular weight is 224 g/mol. The summed E-state index contributed by atoms with van der Waals surface area (Å²) in [4.78, 5) is 3.23. The molecule has 0 bridgehead atoms. The fourth-order valence-electron chi connectivity index (χ4n) is 1.54. The quantitative estimate of drug-likeness (QED) is 0.809. The van der Waals surface area contributed by atoms with Crippen LogP contribution < -0.4 is 4.72 Å². The molecule has 0 saturated carbocycles. The molecule has 0 aliphatic rings. The number of aromatic amines is 1. The van der Waals surface area contributed by atoms with Crippen molar-refractivity contribution in [2.24, 2.45) is 0 Å². The summed E-state index contributed by atoms with van der Waals surface area (Å²) in [5.41, 5.74) is 1.86. The summed E-state index contributed by atoms with van der Waals surface area (Å²) >= 11 is 0. The first-order chi connectivity index (χ1) is 7.04. The number of nitrogens with one attached hydrogen (secondary N) is 2. The molecule has 2 rings (SSSR count). The highest BCUT2D eigenvalue weighted by Crippen LogP contribution is 2.23. The van der Waals surface area contributed by atoms with Crippen LogP contribution >= 0.6 is 0 Å². The highest BCUT2D eigenvalue weighted by molar-refractivity contribution is 7.89. The molecule has 0 atom stereocenters. The highest BCUT2D eigenvalue weighted by atomic mass is 32.2. The first kappa shape index (κ1) is 10.2. The van der Waals surface area contributed by atoms with Gasteiger partial charge in [-0.1, -0.05) is 11.6 Å². The molecule has 0 unspecified atom stereocenters. The van der Waals surface area contributed by atoms with Gasteiger partial charge in [0.25, 0.3) is 0 Å². The third-order valence-corrected chi connectivity index (χ3v) is 3.81. The minimum atomic E-state index is -3.38. The van der Waals surface area contributed by atoms with Crippen LogP contribution in [0.15, 0.2) is 29.3 Å². The Bertz CT molecular complexity index is 599. The van der Waals surface area contributed by atoms with Crippen LogP contribution in [0.3, 0.4) is 0 Å². The predicted octanol–water partition coefficient (Wildman–Crippen LogP) is 1.38. The van der Waals surface area contributed by atoms with Crippen LogP contribution in [0.2, 0.25) is 0 Å². The molecule has 0 saturated heterocycles. The van der Waals surface area contributed by atoms with Crippen molar-refractivity contribution in [3.63, 3.8) is 0 Å². The van der Waals surface area contributed by atoms with E-state index in [0.29, 0.717) is 4.90 Å². The third kappa shape index (κ3) is 1.64. The van der Waals surface area contributed by atoms with Gasteiger partial charge in [-0.2, -0.15) is 0 Å². The molecule has 1 aromatic carbocycles. The van der Waals surface area contributed by atoms with Gasteiger partial charge < -0.3 is 4.98 Å². The summed E-state index contributed by atoms with van der Waals surface area (Å²) in [7, 11) is -1.97. The average Bonchev–Trinajstić information content (AvgIpc) is 2.61. The fraction of sp³-hybridized carbons (Fsp3) is 0.200. The lowest BCUT2D eigenvalue weighted by atomic mass is 10.2. The Balaban J connectivity index is 2.78. The number of fused-ring (bicyclic) bond motifs is 1. The van der Waals surface area contributed by atoms with Crippen LogP contribution in [0.4, 0.5) is 0 Å². The van der Waals surface area contributed by atoms with Crippen LogP contribution in [-0.4, -0.2) is 20.4 Å². The van der Waals surface area contributed by atoms with Crippen molar-refractivity contribution in [3.05, 3.63) is 30.0 Å². The Morgan fingerprint density at radius 2 is 2.07 bits per heavy atom. The monoisotopic (exact) mass is 224 g/mol. The normalized spacial score (nSPS) is 12.1. The van der Waals surface area contributed by atoms with Crippen molar-refractivity contribution in [1.82, 2.24) is 9.71 Å². The van der Waals surface area contributed by atoms with E-state index < -0.39 is 10.0 Å². The molecule has 0 amide bonds. The maximum absolute atomic E-state index is 11.7. The highest BCUT2D eigenvalue weighted by Gasteiger charge is 2.16. The lowest BCUT2D eigenvalue weighted by Crippen LogP contribution is -2.18. The Labute approximate surface area is 88.4 Å². The molecular formula is C10H12N2O2S. The Kier molecular flexibility index (Phi) is 2.28. The van der Waals surface area contributed by atoms with Crippen molar-refractivity contribution < 1.29 is 8.42 Å². The largest absolute Gasteiger partial charge is 0.360 e. The van der Waals surface area contributed by atoms with Gasteiger partial charge in [0, 0.05) is 17.1 Å². The van der Waals surface area contributed by atoms with Crippen molar-refractivity contribution in [1.29, 1.82) is 0 Å². The van der Waals surface area contributed by atoms with Gasteiger partial charge in [0.2, 0.25) is 10.0 Å². The minimum Gasteiger partial charge on any atom is -0.360 e. The number of hydrogen-bond acceptors (Lipinski definition) is 2. The lowest BCUT2D eigenvalue weighted by Gasteiger charge is -2.00. The van der Waals surface area contributed by atoms with E-state index in [0.717, 1.165) is 16.5 Å². The third-order valence-electron chi connectivity index (χ3n) is 2.36. The molecule has 0 radical (unpaired) electrons. The molecule has 0 aliphatic heterocycles. The van der Waals surface area contributed by atoms with Gasteiger partial charge >= 0.3 is 0 Å². The van der Waals surface area contributed by atoms with Crippen LogP contribution in [0.5, 0.6) is 0 Å². The van der Waals surface area contributed by atoms with E-state index in [-0.39, 0.29) is 0 Å². The van der Waals surface area contributed by atoms with E-state index in [1.807, 2.05) is 25.1 Å². The maximum Gasteiger partial charge on any atom is 0.242 e. The zero-order valence-electron chi connectivity index (χ0n) is 8.53. The zero-order chi connectivity index (χ0) is 11.1. The van der Waals surface area contributed by atoms with Gasteiger partial charge in [0.05, 0.1) is 0 Å². The van der Waals surface area contributed by atoms with E-state index in [1.54, 1.807) is 0 Å². The number of aryl methyl sites for hydroxylation is 1. The second kappa shape index (κ2) is 3.36. The smallest absolute Gasteiger partial charge is 0.242 e. The number of sulfonamides is 1. The van der Waals surface area contributed by atoms with Crippen LogP contribution in [0.1, 0.15) is 5.56 Å². The molecule has 80 valence electrons. The van der Waals surface area contributed by atoms with Gasteiger partial charge in [0.15, 0.2) is 0 Å². The molecule has 15 heavy (non-hydrogen) atoms. The number of rotatable bonds is 2. The van der Waals surface area contributed by atoms with Crippen molar-refractivity contribution in [2.75, 3.05) is 7.05 Å². The zero-order valence-corrected chi connectivity index (χ0v) is 9.35. The number of hydrogen-bond donors (Lipinski definition) is 2. The van der Waals surface area contributed by atoms with E-state index in [4.69, 9.17) is 0 Å². The molecule has 0 fully saturated rings. The van der Waals surface area contributed by atoms with Gasteiger partial charge in [0.1, 0.15) is 4.90 Å². The second-order valence-corrected chi connectivity index (χ2v) is 5.26. The summed E-state index contributed by atoms with van der Waals surface area (Å²) in [6.45, 7) is 1.93. The SMILES string of the molecule is CNS(=O)(=O)c1c[nH]c2ccc(C)cc12. The Morgan fingerprint density at radius 1 is 1.33 bits per heavy atom. The standard InChI is InChI=1S/C10H12N2O2S/c1-7-3-4-9-8(5-7)10(6-12-9)15(13,14)11-2/h3-6,11-12H,1-2H3. The molecule has 4 nitrogen and oxygen atoms in total. The predicted molar refractivity (Wildman–Crippen MR) is 59.3 cm³/mol. The van der Waals surface area contributed by atoms with Gasteiger partial charge in [-0.25, -0.2) is 13.1 Å². The van der Waals surface area contributed by atoms with Crippen molar-refractivity contribution in [3.8, 4) is 0 Å².